The number of amides is 1. The first-order chi connectivity index (χ1) is 10.7. The molecule has 1 aliphatic heterocycles. The number of nitrogens with one attached hydrogen (secondary N) is 2. The number of benzene rings is 2. The summed E-state index contributed by atoms with van der Waals surface area (Å²) in [6, 6.07) is 12.9. The zero-order valence-electron chi connectivity index (χ0n) is 11.7. The molecular weight excluding hydrogens is 320 g/mol. The summed E-state index contributed by atoms with van der Waals surface area (Å²) in [6.45, 7) is 0. The minimum atomic E-state index is -0.151. The SMILES string of the molecule is COc1ccccc1N/C=C1\Sc2cc(Cl)ccc2NC1=O. The van der Waals surface area contributed by atoms with Gasteiger partial charge < -0.3 is 15.4 Å². The number of hydrogen-bond donors (Lipinski definition) is 2. The summed E-state index contributed by atoms with van der Waals surface area (Å²) in [4.78, 5) is 13.6. The van der Waals surface area contributed by atoms with Crippen molar-refractivity contribution in [1.82, 2.24) is 0 Å². The molecule has 1 amide bonds. The molecule has 1 heterocycles. The maximum absolute atomic E-state index is 12.1. The highest BCUT2D eigenvalue weighted by Crippen LogP contribution is 2.39. The number of thioether (sulfide) groups is 1. The second kappa shape index (κ2) is 6.34. The first-order valence-electron chi connectivity index (χ1n) is 6.56. The summed E-state index contributed by atoms with van der Waals surface area (Å²) in [5, 5.41) is 6.59. The largest absolute Gasteiger partial charge is 0.495 e. The standard InChI is InChI=1S/C16H13ClN2O2S/c1-21-13-5-3-2-4-11(13)18-9-15-16(20)19-12-7-6-10(17)8-14(12)22-15/h2-9,18H,1H3,(H,19,20)/b15-9-. The van der Waals surface area contributed by atoms with Crippen molar-refractivity contribution >= 4 is 40.6 Å². The van der Waals surface area contributed by atoms with Crippen molar-refractivity contribution in [2.45, 2.75) is 4.90 Å². The predicted octanol–water partition coefficient (Wildman–Crippen LogP) is 4.35. The van der Waals surface area contributed by atoms with Crippen molar-refractivity contribution in [3.63, 3.8) is 0 Å². The number of para-hydroxylation sites is 2. The van der Waals surface area contributed by atoms with Crippen molar-refractivity contribution in [1.29, 1.82) is 0 Å². The second-order valence-corrected chi connectivity index (χ2v) is 6.07. The molecule has 2 N–H and O–H groups in total. The van der Waals surface area contributed by atoms with Gasteiger partial charge >= 0.3 is 0 Å². The Morgan fingerprint density at radius 2 is 2.09 bits per heavy atom. The molecule has 0 aliphatic carbocycles. The minimum Gasteiger partial charge on any atom is -0.495 e. The quantitative estimate of drug-likeness (QED) is 0.821. The van der Waals surface area contributed by atoms with E-state index in [1.807, 2.05) is 30.3 Å². The van der Waals surface area contributed by atoms with Crippen LogP contribution in [0.1, 0.15) is 0 Å². The Kier molecular flexibility index (Phi) is 4.27. The van der Waals surface area contributed by atoms with Gasteiger partial charge in [0.1, 0.15) is 5.75 Å². The molecule has 0 bridgehead atoms. The van der Waals surface area contributed by atoms with Gasteiger partial charge in [0.25, 0.3) is 5.91 Å². The molecule has 2 aromatic carbocycles. The number of halogens is 1. The van der Waals surface area contributed by atoms with Crippen LogP contribution in [0, 0.1) is 0 Å². The molecule has 0 saturated heterocycles. The highest BCUT2D eigenvalue weighted by Gasteiger charge is 2.21. The number of fused-ring (bicyclic) bond motifs is 1. The average molecular weight is 333 g/mol. The van der Waals surface area contributed by atoms with E-state index in [1.165, 1.54) is 11.8 Å². The number of carbonyl (C=O) groups is 1. The fraction of sp³-hybridized carbons (Fsp3) is 0.0625. The molecule has 3 rings (SSSR count). The molecule has 22 heavy (non-hydrogen) atoms. The Morgan fingerprint density at radius 3 is 2.91 bits per heavy atom. The highest BCUT2D eigenvalue weighted by atomic mass is 35.5. The maximum Gasteiger partial charge on any atom is 0.263 e. The summed E-state index contributed by atoms with van der Waals surface area (Å²) in [6.07, 6.45) is 1.67. The molecule has 0 spiro atoms. The molecule has 0 saturated carbocycles. The lowest BCUT2D eigenvalue weighted by Crippen LogP contribution is -2.18. The summed E-state index contributed by atoms with van der Waals surface area (Å²) < 4.78 is 5.27. The van der Waals surface area contributed by atoms with E-state index in [2.05, 4.69) is 10.6 Å². The van der Waals surface area contributed by atoms with E-state index in [9.17, 15) is 4.79 Å². The van der Waals surface area contributed by atoms with Gasteiger partial charge in [-0.15, -0.1) is 0 Å². The molecule has 0 radical (unpaired) electrons. The lowest BCUT2D eigenvalue weighted by molar-refractivity contribution is -0.112. The van der Waals surface area contributed by atoms with E-state index in [1.54, 1.807) is 25.4 Å². The van der Waals surface area contributed by atoms with Crippen LogP contribution >= 0.6 is 23.4 Å². The molecule has 0 fully saturated rings. The van der Waals surface area contributed by atoms with Crippen molar-refractivity contribution in [2.75, 3.05) is 17.7 Å². The number of ether oxygens (including phenoxy) is 1. The summed E-state index contributed by atoms with van der Waals surface area (Å²) in [5.41, 5.74) is 1.57. The number of carbonyl (C=O) groups excluding carboxylic acids is 1. The van der Waals surface area contributed by atoms with Gasteiger partial charge in [0.05, 0.1) is 23.4 Å². The molecule has 2 aromatic rings. The number of hydrogen-bond acceptors (Lipinski definition) is 4. The van der Waals surface area contributed by atoms with E-state index in [0.717, 1.165) is 16.3 Å². The van der Waals surface area contributed by atoms with Crippen molar-refractivity contribution < 1.29 is 9.53 Å². The van der Waals surface area contributed by atoms with Gasteiger partial charge in [0, 0.05) is 16.1 Å². The van der Waals surface area contributed by atoms with Gasteiger partial charge in [-0.05, 0) is 30.3 Å². The zero-order chi connectivity index (χ0) is 15.5. The highest BCUT2D eigenvalue weighted by molar-refractivity contribution is 8.04. The molecule has 1 aliphatic rings. The van der Waals surface area contributed by atoms with E-state index in [0.29, 0.717) is 15.7 Å². The lowest BCUT2D eigenvalue weighted by atomic mass is 10.3. The third-order valence-electron chi connectivity index (χ3n) is 3.10. The first-order valence-corrected chi connectivity index (χ1v) is 7.75. The Hall–Kier alpha value is -2.11. The van der Waals surface area contributed by atoms with Crippen LogP contribution in [-0.4, -0.2) is 13.0 Å². The zero-order valence-corrected chi connectivity index (χ0v) is 13.3. The summed E-state index contributed by atoms with van der Waals surface area (Å²) >= 11 is 7.37. The van der Waals surface area contributed by atoms with Crippen LogP contribution in [-0.2, 0) is 4.79 Å². The van der Waals surface area contributed by atoms with Crippen molar-refractivity contribution in [2.24, 2.45) is 0 Å². The van der Waals surface area contributed by atoms with Gasteiger partial charge in [-0.3, -0.25) is 4.79 Å². The molecule has 4 nitrogen and oxygen atoms in total. The topological polar surface area (TPSA) is 50.4 Å². The Labute approximate surface area is 137 Å². The monoisotopic (exact) mass is 332 g/mol. The van der Waals surface area contributed by atoms with Gasteiger partial charge in [-0.1, -0.05) is 35.5 Å². The predicted molar refractivity (Wildman–Crippen MR) is 90.6 cm³/mol. The van der Waals surface area contributed by atoms with E-state index >= 15 is 0 Å². The normalized spacial score (nSPS) is 15.2. The van der Waals surface area contributed by atoms with Crippen molar-refractivity contribution in [3.8, 4) is 5.75 Å². The first kappa shape index (κ1) is 14.8. The van der Waals surface area contributed by atoms with Crippen LogP contribution in [0.3, 0.4) is 0 Å². The smallest absolute Gasteiger partial charge is 0.263 e. The molecular formula is C16H13ClN2O2S. The van der Waals surface area contributed by atoms with Crippen LogP contribution in [0.2, 0.25) is 5.02 Å². The molecule has 0 unspecified atom stereocenters. The fourth-order valence-electron chi connectivity index (χ4n) is 2.03. The Morgan fingerprint density at radius 1 is 1.27 bits per heavy atom. The van der Waals surface area contributed by atoms with Crippen LogP contribution in [0.15, 0.2) is 58.5 Å². The Bertz CT molecular complexity index is 762. The fourth-order valence-corrected chi connectivity index (χ4v) is 3.19. The lowest BCUT2D eigenvalue weighted by Gasteiger charge is -2.19. The number of methoxy groups -OCH3 is 1. The summed E-state index contributed by atoms with van der Waals surface area (Å²) in [7, 11) is 1.61. The summed E-state index contributed by atoms with van der Waals surface area (Å²) in [5.74, 6) is 0.561. The third kappa shape index (κ3) is 3.05. The van der Waals surface area contributed by atoms with Crippen LogP contribution in [0.25, 0.3) is 0 Å². The van der Waals surface area contributed by atoms with Crippen molar-refractivity contribution in [3.05, 3.63) is 58.6 Å². The maximum atomic E-state index is 12.1. The molecule has 0 atom stereocenters. The van der Waals surface area contributed by atoms with E-state index in [4.69, 9.17) is 16.3 Å². The van der Waals surface area contributed by atoms with Gasteiger partial charge in [-0.25, -0.2) is 0 Å². The number of rotatable bonds is 3. The molecule has 0 aromatic heterocycles. The van der Waals surface area contributed by atoms with E-state index in [-0.39, 0.29) is 5.91 Å². The van der Waals surface area contributed by atoms with Gasteiger partial charge in [0.2, 0.25) is 0 Å². The van der Waals surface area contributed by atoms with Gasteiger partial charge in [-0.2, -0.15) is 0 Å². The van der Waals surface area contributed by atoms with Crippen LogP contribution in [0.5, 0.6) is 5.75 Å². The molecule has 112 valence electrons. The van der Waals surface area contributed by atoms with E-state index < -0.39 is 0 Å². The van der Waals surface area contributed by atoms with Gasteiger partial charge in [0.15, 0.2) is 0 Å². The minimum absolute atomic E-state index is 0.151. The Balaban J connectivity index is 1.84. The number of anilines is 2. The third-order valence-corrected chi connectivity index (χ3v) is 4.42. The molecule has 6 heteroatoms. The van der Waals surface area contributed by atoms with Crippen LogP contribution < -0.4 is 15.4 Å². The average Bonchev–Trinajstić information content (AvgIpc) is 2.53. The van der Waals surface area contributed by atoms with Crippen LogP contribution in [0.4, 0.5) is 11.4 Å². The second-order valence-electron chi connectivity index (χ2n) is 4.55.